The molecule has 0 bridgehead atoms. The number of piperidine rings is 1. The van der Waals surface area contributed by atoms with Gasteiger partial charge in [-0.2, -0.15) is 0 Å². The van der Waals surface area contributed by atoms with Crippen LogP contribution in [0.15, 0.2) is 0 Å². The van der Waals surface area contributed by atoms with Gasteiger partial charge in [-0.3, -0.25) is 9.59 Å². The number of aliphatic hydroxyl groups is 1. The molecule has 0 aromatic carbocycles. The van der Waals surface area contributed by atoms with Crippen LogP contribution < -0.4 is 5.32 Å². The average Bonchev–Trinajstić information content (AvgIpc) is 2.53. The third-order valence-electron chi connectivity index (χ3n) is 5.07. The third-order valence-corrected chi connectivity index (χ3v) is 5.07. The van der Waals surface area contributed by atoms with Gasteiger partial charge in [0.05, 0.1) is 0 Å². The van der Waals surface area contributed by atoms with Crippen LogP contribution in [0.1, 0.15) is 58.8 Å². The van der Waals surface area contributed by atoms with E-state index in [1.54, 1.807) is 0 Å². The van der Waals surface area contributed by atoms with Crippen LogP contribution in [0.2, 0.25) is 0 Å². The number of likely N-dealkylation sites (tertiary alicyclic amines) is 1. The van der Waals surface area contributed by atoms with E-state index >= 15 is 0 Å². The minimum Gasteiger partial charge on any atom is -0.380 e. The van der Waals surface area contributed by atoms with E-state index < -0.39 is 5.60 Å². The summed E-state index contributed by atoms with van der Waals surface area (Å²) < 4.78 is 0. The average molecular weight is 310 g/mol. The van der Waals surface area contributed by atoms with Gasteiger partial charge in [-0.05, 0) is 31.6 Å². The smallest absolute Gasteiger partial charge is 0.251 e. The van der Waals surface area contributed by atoms with Crippen LogP contribution >= 0.6 is 0 Å². The molecule has 126 valence electrons. The first-order valence-corrected chi connectivity index (χ1v) is 8.72. The molecule has 1 saturated carbocycles. The summed E-state index contributed by atoms with van der Waals surface area (Å²) in [7, 11) is 0. The maximum atomic E-state index is 12.2. The SMILES string of the molecule is CC(C)C(=O)N1CCC(CNC(=O)C2(O)CCCCC2)CC1. The number of amides is 2. The van der Waals surface area contributed by atoms with Crippen molar-refractivity contribution in [1.29, 1.82) is 0 Å². The van der Waals surface area contributed by atoms with Crippen LogP contribution in [0.5, 0.6) is 0 Å². The molecule has 1 saturated heterocycles. The minimum atomic E-state index is -1.15. The maximum Gasteiger partial charge on any atom is 0.251 e. The summed E-state index contributed by atoms with van der Waals surface area (Å²) in [5.41, 5.74) is -1.15. The highest BCUT2D eigenvalue weighted by Crippen LogP contribution is 2.28. The van der Waals surface area contributed by atoms with Crippen LogP contribution in [-0.2, 0) is 9.59 Å². The summed E-state index contributed by atoms with van der Waals surface area (Å²) in [4.78, 5) is 26.1. The molecule has 5 nitrogen and oxygen atoms in total. The highest BCUT2D eigenvalue weighted by Gasteiger charge is 2.37. The van der Waals surface area contributed by atoms with E-state index in [-0.39, 0.29) is 17.7 Å². The van der Waals surface area contributed by atoms with Gasteiger partial charge in [-0.15, -0.1) is 0 Å². The summed E-state index contributed by atoms with van der Waals surface area (Å²) in [6, 6.07) is 0. The summed E-state index contributed by atoms with van der Waals surface area (Å²) in [5, 5.41) is 13.3. The molecule has 22 heavy (non-hydrogen) atoms. The van der Waals surface area contributed by atoms with Gasteiger partial charge < -0.3 is 15.3 Å². The molecule has 1 aliphatic carbocycles. The molecule has 0 radical (unpaired) electrons. The standard InChI is InChI=1S/C17H30N2O3/c1-13(2)15(20)19-10-6-14(7-11-19)12-18-16(21)17(22)8-4-3-5-9-17/h13-14,22H,3-12H2,1-2H3,(H,18,21). The zero-order chi connectivity index (χ0) is 16.2. The second-order valence-corrected chi connectivity index (χ2v) is 7.23. The molecule has 1 aliphatic heterocycles. The van der Waals surface area contributed by atoms with Crippen molar-refractivity contribution in [3.05, 3.63) is 0 Å². The Hall–Kier alpha value is -1.10. The highest BCUT2D eigenvalue weighted by molar-refractivity contribution is 5.84. The Morgan fingerprint density at radius 2 is 1.77 bits per heavy atom. The summed E-state index contributed by atoms with van der Waals surface area (Å²) in [5.74, 6) is 0.482. The Labute approximate surface area is 133 Å². The van der Waals surface area contributed by atoms with Crippen LogP contribution in [0.4, 0.5) is 0 Å². The fourth-order valence-electron chi connectivity index (χ4n) is 3.49. The Balaban J connectivity index is 1.72. The van der Waals surface area contributed by atoms with E-state index in [9.17, 15) is 14.7 Å². The molecule has 5 heteroatoms. The molecule has 0 unspecified atom stereocenters. The van der Waals surface area contributed by atoms with Crippen molar-refractivity contribution in [3.8, 4) is 0 Å². The van der Waals surface area contributed by atoms with E-state index in [2.05, 4.69) is 5.32 Å². The normalized spacial score (nSPS) is 22.6. The number of nitrogens with one attached hydrogen (secondary N) is 1. The van der Waals surface area contributed by atoms with Crippen LogP contribution in [0.3, 0.4) is 0 Å². The van der Waals surface area contributed by atoms with Gasteiger partial charge in [-0.1, -0.05) is 33.1 Å². The van der Waals surface area contributed by atoms with Crippen molar-refractivity contribution in [2.45, 2.75) is 64.4 Å². The lowest BCUT2D eigenvalue weighted by molar-refractivity contribution is -0.143. The Kier molecular flexibility index (Phi) is 5.84. The van der Waals surface area contributed by atoms with E-state index in [1.165, 1.54) is 0 Å². The predicted octanol–water partition coefficient (Wildman–Crippen LogP) is 1.69. The molecule has 0 atom stereocenters. The summed E-state index contributed by atoms with van der Waals surface area (Å²) in [6.07, 6.45) is 5.99. The third kappa shape index (κ3) is 4.22. The van der Waals surface area contributed by atoms with Gasteiger partial charge in [0.2, 0.25) is 5.91 Å². The minimum absolute atomic E-state index is 0.0526. The first-order valence-electron chi connectivity index (χ1n) is 8.72. The number of hydrogen-bond acceptors (Lipinski definition) is 3. The van der Waals surface area contributed by atoms with Crippen molar-refractivity contribution < 1.29 is 14.7 Å². The lowest BCUT2D eigenvalue weighted by Crippen LogP contribution is -2.50. The number of carbonyl (C=O) groups is 2. The van der Waals surface area contributed by atoms with Crippen molar-refractivity contribution in [1.82, 2.24) is 10.2 Å². The predicted molar refractivity (Wildman–Crippen MR) is 85.2 cm³/mol. The topological polar surface area (TPSA) is 69.6 Å². The lowest BCUT2D eigenvalue weighted by Gasteiger charge is -2.34. The largest absolute Gasteiger partial charge is 0.380 e. The van der Waals surface area contributed by atoms with Crippen molar-refractivity contribution in [3.63, 3.8) is 0 Å². The van der Waals surface area contributed by atoms with Crippen molar-refractivity contribution >= 4 is 11.8 Å². The van der Waals surface area contributed by atoms with Gasteiger partial charge in [0.1, 0.15) is 5.60 Å². The fraction of sp³-hybridized carbons (Fsp3) is 0.882. The summed E-state index contributed by atoms with van der Waals surface area (Å²) in [6.45, 7) is 6.04. The second kappa shape index (κ2) is 7.44. The molecule has 2 fully saturated rings. The molecule has 0 spiro atoms. The zero-order valence-corrected chi connectivity index (χ0v) is 13.9. The zero-order valence-electron chi connectivity index (χ0n) is 13.9. The van der Waals surface area contributed by atoms with Gasteiger partial charge in [0.25, 0.3) is 5.91 Å². The molecule has 2 amide bonds. The van der Waals surface area contributed by atoms with E-state index in [0.717, 1.165) is 45.2 Å². The van der Waals surface area contributed by atoms with Crippen molar-refractivity contribution in [2.24, 2.45) is 11.8 Å². The number of hydrogen-bond donors (Lipinski definition) is 2. The molecular formula is C17H30N2O3. The number of rotatable bonds is 4. The maximum absolute atomic E-state index is 12.2. The highest BCUT2D eigenvalue weighted by atomic mass is 16.3. The van der Waals surface area contributed by atoms with E-state index in [1.807, 2.05) is 18.7 Å². The van der Waals surface area contributed by atoms with Gasteiger partial charge in [0.15, 0.2) is 0 Å². The Bertz CT molecular complexity index is 395. The van der Waals surface area contributed by atoms with Crippen LogP contribution in [0, 0.1) is 11.8 Å². The molecule has 1 heterocycles. The molecule has 2 aliphatic rings. The van der Waals surface area contributed by atoms with Crippen molar-refractivity contribution in [2.75, 3.05) is 19.6 Å². The molecule has 0 aromatic heterocycles. The first kappa shape index (κ1) is 17.3. The van der Waals surface area contributed by atoms with Gasteiger partial charge in [0, 0.05) is 25.6 Å². The monoisotopic (exact) mass is 310 g/mol. The molecular weight excluding hydrogens is 280 g/mol. The lowest BCUT2D eigenvalue weighted by atomic mass is 9.84. The quantitative estimate of drug-likeness (QED) is 0.830. The number of nitrogens with zero attached hydrogens (tertiary/aromatic N) is 1. The Morgan fingerprint density at radius 3 is 2.32 bits per heavy atom. The van der Waals surface area contributed by atoms with Crippen LogP contribution in [-0.4, -0.2) is 47.1 Å². The first-order chi connectivity index (χ1) is 10.4. The Morgan fingerprint density at radius 1 is 1.18 bits per heavy atom. The second-order valence-electron chi connectivity index (χ2n) is 7.23. The van der Waals surface area contributed by atoms with Gasteiger partial charge >= 0.3 is 0 Å². The van der Waals surface area contributed by atoms with Gasteiger partial charge in [-0.25, -0.2) is 0 Å². The molecule has 2 rings (SSSR count). The fourth-order valence-corrected chi connectivity index (χ4v) is 3.49. The van der Waals surface area contributed by atoms with E-state index in [0.29, 0.717) is 25.3 Å². The number of carbonyl (C=O) groups excluding carboxylic acids is 2. The molecule has 0 aromatic rings. The van der Waals surface area contributed by atoms with E-state index in [4.69, 9.17) is 0 Å². The molecule has 2 N–H and O–H groups in total. The summed E-state index contributed by atoms with van der Waals surface area (Å²) >= 11 is 0. The van der Waals surface area contributed by atoms with Crippen LogP contribution in [0.25, 0.3) is 0 Å².